The molecule has 0 radical (unpaired) electrons. The van der Waals surface area contributed by atoms with Crippen LogP contribution < -0.4 is 5.32 Å². The summed E-state index contributed by atoms with van der Waals surface area (Å²) in [6, 6.07) is 0.332. The second kappa shape index (κ2) is 7.14. The minimum absolute atomic E-state index is 0.119. The molecule has 17 heavy (non-hydrogen) atoms. The van der Waals surface area contributed by atoms with E-state index >= 15 is 0 Å². The molecule has 2 amide bonds. The normalized spacial score (nSPS) is 19.9. The van der Waals surface area contributed by atoms with Gasteiger partial charge < -0.3 is 15.0 Å². The summed E-state index contributed by atoms with van der Waals surface area (Å²) in [5.41, 5.74) is 0. The van der Waals surface area contributed by atoms with Crippen LogP contribution in [0.4, 0.5) is 4.79 Å². The van der Waals surface area contributed by atoms with Gasteiger partial charge in [0.25, 0.3) is 0 Å². The standard InChI is InChI=1S/C12H22N2O3/c1-3-17-12(16)13-8-7-11(15)14-9-5-4-6-10(14)2/h10H,3-9H2,1-2H3,(H,13,16)/t10-/m1/s1. The highest BCUT2D eigenvalue weighted by molar-refractivity contribution is 5.77. The van der Waals surface area contributed by atoms with E-state index in [-0.39, 0.29) is 5.91 Å². The molecule has 1 saturated heterocycles. The van der Waals surface area contributed by atoms with Gasteiger partial charge in [-0.1, -0.05) is 0 Å². The highest BCUT2D eigenvalue weighted by atomic mass is 16.5. The van der Waals surface area contributed by atoms with E-state index in [2.05, 4.69) is 12.2 Å². The van der Waals surface area contributed by atoms with Crippen molar-refractivity contribution >= 4 is 12.0 Å². The third-order valence-electron chi connectivity index (χ3n) is 3.01. The molecule has 0 aromatic heterocycles. The summed E-state index contributed by atoms with van der Waals surface area (Å²) >= 11 is 0. The number of piperidine rings is 1. The summed E-state index contributed by atoms with van der Waals surface area (Å²) in [6.45, 7) is 5.37. The number of hydrogen-bond donors (Lipinski definition) is 1. The van der Waals surface area contributed by atoms with Gasteiger partial charge in [-0.15, -0.1) is 0 Å². The third-order valence-corrected chi connectivity index (χ3v) is 3.01. The Balaban J connectivity index is 2.22. The second-order valence-electron chi connectivity index (χ2n) is 4.33. The number of ether oxygens (including phenoxy) is 1. The Hall–Kier alpha value is -1.26. The number of nitrogens with zero attached hydrogens (tertiary/aromatic N) is 1. The van der Waals surface area contributed by atoms with E-state index < -0.39 is 6.09 Å². The average molecular weight is 242 g/mol. The molecule has 98 valence electrons. The summed E-state index contributed by atoms with van der Waals surface area (Å²) in [6.07, 6.45) is 3.26. The lowest BCUT2D eigenvalue weighted by Crippen LogP contribution is -2.43. The zero-order valence-electron chi connectivity index (χ0n) is 10.7. The number of hydrogen-bond acceptors (Lipinski definition) is 3. The number of carbonyl (C=O) groups excluding carboxylic acids is 2. The Bertz CT molecular complexity index is 268. The van der Waals surface area contributed by atoms with Crippen LogP contribution in [-0.4, -0.2) is 42.6 Å². The van der Waals surface area contributed by atoms with Gasteiger partial charge in [0, 0.05) is 25.6 Å². The fraction of sp³-hybridized carbons (Fsp3) is 0.833. The lowest BCUT2D eigenvalue weighted by atomic mass is 10.0. The Morgan fingerprint density at radius 2 is 2.18 bits per heavy atom. The number of rotatable bonds is 4. The van der Waals surface area contributed by atoms with E-state index in [4.69, 9.17) is 4.74 Å². The van der Waals surface area contributed by atoms with E-state index in [1.165, 1.54) is 6.42 Å². The summed E-state index contributed by atoms with van der Waals surface area (Å²) in [5, 5.41) is 2.56. The molecule has 1 rings (SSSR count). The maximum atomic E-state index is 11.9. The smallest absolute Gasteiger partial charge is 0.407 e. The summed E-state index contributed by atoms with van der Waals surface area (Å²) in [4.78, 5) is 24.8. The highest BCUT2D eigenvalue weighted by Crippen LogP contribution is 2.16. The van der Waals surface area contributed by atoms with Crippen LogP contribution in [0.3, 0.4) is 0 Å². The molecule has 1 heterocycles. The molecule has 1 N–H and O–H groups in total. The molecular formula is C12H22N2O3. The Morgan fingerprint density at radius 3 is 2.82 bits per heavy atom. The van der Waals surface area contributed by atoms with Crippen LogP contribution in [0.5, 0.6) is 0 Å². The molecule has 1 atom stereocenters. The molecule has 1 aliphatic heterocycles. The van der Waals surface area contributed by atoms with Gasteiger partial charge in [0.05, 0.1) is 6.61 Å². The van der Waals surface area contributed by atoms with Crippen LogP contribution in [0.15, 0.2) is 0 Å². The van der Waals surface area contributed by atoms with Crippen molar-refractivity contribution in [3.63, 3.8) is 0 Å². The van der Waals surface area contributed by atoms with Crippen molar-refractivity contribution in [2.75, 3.05) is 19.7 Å². The van der Waals surface area contributed by atoms with Gasteiger partial charge in [0.1, 0.15) is 0 Å². The summed E-state index contributed by atoms with van der Waals surface area (Å²) in [5.74, 6) is 0.119. The fourth-order valence-corrected chi connectivity index (χ4v) is 2.07. The van der Waals surface area contributed by atoms with Crippen molar-refractivity contribution in [1.29, 1.82) is 0 Å². The van der Waals surface area contributed by atoms with Crippen molar-refractivity contribution in [3.8, 4) is 0 Å². The minimum Gasteiger partial charge on any atom is -0.450 e. The van der Waals surface area contributed by atoms with Gasteiger partial charge in [-0.25, -0.2) is 4.79 Å². The molecule has 0 spiro atoms. The SMILES string of the molecule is CCOC(=O)NCCC(=O)N1CCCC[C@H]1C. The molecule has 0 aliphatic carbocycles. The first-order chi connectivity index (χ1) is 8.15. The quantitative estimate of drug-likeness (QED) is 0.813. The van der Waals surface area contributed by atoms with E-state index in [0.717, 1.165) is 19.4 Å². The number of likely N-dealkylation sites (tertiary alicyclic amines) is 1. The van der Waals surface area contributed by atoms with Gasteiger partial charge in [-0.3, -0.25) is 4.79 Å². The lowest BCUT2D eigenvalue weighted by molar-refractivity contribution is -0.134. The minimum atomic E-state index is -0.452. The lowest BCUT2D eigenvalue weighted by Gasteiger charge is -2.33. The maximum Gasteiger partial charge on any atom is 0.407 e. The number of amides is 2. The highest BCUT2D eigenvalue weighted by Gasteiger charge is 2.22. The van der Waals surface area contributed by atoms with Crippen LogP contribution in [0.25, 0.3) is 0 Å². The monoisotopic (exact) mass is 242 g/mol. The molecule has 1 aliphatic rings. The predicted octanol–water partition coefficient (Wildman–Crippen LogP) is 1.52. The Labute approximate surface area is 102 Å². The van der Waals surface area contributed by atoms with Crippen molar-refractivity contribution in [1.82, 2.24) is 10.2 Å². The van der Waals surface area contributed by atoms with E-state index in [1.807, 2.05) is 4.90 Å². The van der Waals surface area contributed by atoms with Crippen LogP contribution in [-0.2, 0) is 9.53 Å². The van der Waals surface area contributed by atoms with Crippen LogP contribution in [0.1, 0.15) is 39.5 Å². The van der Waals surface area contributed by atoms with Gasteiger partial charge in [0.2, 0.25) is 5.91 Å². The van der Waals surface area contributed by atoms with Gasteiger partial charge in [-0.2, -0.15) is 0 Å². The third kappa shape index (κ3) is 4.63. The average Bonchev–Trinajstić information content (AvgIpc) is 2.29. The number of carbonyl (C=O) groups is 2. The summed E-state index contributed by atoms with van der Waals surface area (Å²) in [7, 11) is 0. The van der Waals surface area contributed by atoms with Gasteiger partial charge in [-0.05, 0) is 33.1 Å². The first-order valence-corrected chi connectivity index (χ1v) is 6.35. The molecule has 5 nitrogen and oxygen atoms in total. The van der Waals surface area contributed by atoms with E-state index in [1.54, 1.807) is 6.92 Å². The predicted molar refractivity (Wildman–Crippen MR) is 64.7 cm³/mol. The van der Waals surface area contributed by atoms with Crippen molar-refractivity contribution < 1.29 is 14.3 Å². The van der Waals surface area contributed by atoms with E-state index in [0.29, 0.717) is 25.6 Å². The molecule has 0 unspecified atom stereocenters. The Morgan fingerprint density at radius 1 is 1.41 bits per heavy atom. The zero-order valence-corrected chi connectivity index (χ0v) is 10.7. The second-order valence-corrected chi connectivity index (χ2v) is 4.33. The molecule has 5 heteroatoms. The number of nitrogens with one attached hydrogen (secondary N) is 1. The molecule has 0 bridgehead atoms. The van der Waals surface area contributed by atoms with E-state index in [9.17, 15) is 9.59 Å². The first kappa shape index (κ1) is 13.8. The van der Waals surface area contributed by atoms with Crippen molar-refractivity contribution in [3.05, 3.63) is 0 Å². The topological polar surface area (TPSA) is 58.6 Å². The van der Waals surface area contributed by atoms with Crippen LogP contribution >= 0.6 is 0 Å². The number of alkyl carbamates (subject to hydrolysis) is 1. The zero-order chi connectivity index (χ0) is 12.7. The fourth-order valence-electron chi connectivity index (χ4n) is 2.07. The van der Waals surface area contributed by atoms with Gasteiger partial charge >= 0.3 is 6.09 Å². The maximum absolute atomic E-state index is 11.9. The molecule has 1 fully saturated rings. The van der Waals surface area contributed by atoms with Crippen LogP contribution in [0.2, 0.25) is 0 Å². The molecular weight excluding hydrogens is 220 g/mol. The summed E-state index contributed by atoms with van der Waals surface area (Å²) < 4.78 is 4.72. The van der Waals surface area contributed by atoms with Crippen LogP contribution in [0, 0.1) is 0 Å². The molecule has 0 aromatic rings. The first-order valence-electron chi connectivity index (χ1n) is 6.35. The van der Waals surface area contributed by atoms with Crippen molar-refractivity contribution in [2.45, 2.75) is 45.6 Å². The van der Waals surface area contributed by atoms with Crippen molar-refractivity contribution in [2.24, 2.45) is 0 Å². The van der Waals surface area contributed by atoms with Gasteiger partial charge in [0.15, 0.2) is 0 Å². The Kier molecular flexibility index (Phi) is 5.80. The largest absolute Gasteiger partial charge is 0.450 e. The molecule has 0 aromatic carbocycles. The molecule has 0 saturated carbocycles.